The van der Waals surface area contributed by atoms with E-state index in [-0.39, 0.29) is 5.56 Å². The van der Waals surface area contributed by atoms with Crippen molar-refractivity contribution in [3.63, 3.8) is 0 Å². The van der Waals surface area contributed by atoms with E-state index < -0.39 is 11.7 Å². The zero-order valence-corrected chi connectivity index (χ0v) is 9.12. The van der Waals surface area contributed by atoms with Gasteiger partial charge < -0.3 is 0 Å². The molecule has 0 bridgehead atoms. The van der Waals surface area contributed by atoms with Gasteiger partial charge in [-0.1, -0.05) is 24.3 Å². The molecule has 0 aliphatic rings. The zero-order valence-electron chi connectivity index (χ0n) is 9.12. The zero-order chi connectivity index (χ0) is 13.2. The first-order valence-electron chi connectivity index (χ1n) is 5.11. The fourth-order valence-corrected chi connectivity index (χ4v) is 1.62. The molecule has 1 nitrogen and oxygen atoms in total. The Morgan fingerprint density at radius 3 is 2.28 bits per heavy atom. The third kappa shape index (κ3) is 2.35. The fraction of sp³-hybridized carbons (Fsp3) is 0.0714. The summed E-state index contributed by atoms with van der Waals surface area (Å²) in [4.78, 5) is 0. The molecule has 1 radical (unpaired) electrons. The number of hydrogen-bond acceptors (Lipinski definition) is 1. The molecule has 0 saturated carbocycles. The first kappa shape index (κ1) is 12.2. The summed E-state index contributed by atoms with van der Waals surface area (Å²) in [6.45, 7) is 0. The number of nitriles is 1. The molecule has 0 spiro atoms. The van der Waals surface area contributed by atoms with Crippen LogP contribution >= 0.6 is 0 Å². The van der Waals surface area contributed by atoms with Crippen LogP contribution < -0.4 is 0 Å². The summed E-state index contributed by atoms with van der Waals surface area (Å²) in [6, 6.07) is 14.2. The van der Waals surface area contributed by atoms with Gasteiger partial charge in [0.2, 0.25) is 0 Å². The Morgan fingerprint density at radius 1 is 1.06 bits per heavy atom. The van der Waals surface area contributed by atoms with Crippen LogP contribution in [0, 0.1) is 17.4 Å². The van der Waals surface area contributed by atoms with Crippen LogP contribution in [-0.2, 0) is 6.18 Å². The summed E-state index contributed by atoms with van der Waals surface area (Å²) in [5, 5.41) is 8.65. The highest BCUT2D eigenvalue weighted by atomic mass is 19.4. The van der Waals surface area contributed by atoms with Crippen LogP contribution in [0.4, 0.5) is 13.2 Å². The van der Waals surface area contributed by atoms with E-state index in [1.807, 2.05) is 6.07 Å². The molecule has 0 heterocycles. The van der Waals surface area contributed by atoms with Crippen LogP contribution in [0.3, 0.4) is 0 Å². The van der Waals surface area contributed by atoms with Crippen LogP contribution in [0.25, 0.3) is 11.1 Å². The van der Waals surface area contributed by atoms with Crippen molar-refractivity contribution in [1.29, 1.82) is 5.26 Å². The van der Waals surface area contributed by atoms with Crippen molar-refractivity contribution in [2.45, 2.75) is 6.18 Å². The lowest BCUT2D eigenvalue weighted by Gasteiger charge is -2.12. The molecule has 0 atom stereocenters. The largest absolute Gasteiger partial charge is 0.417 e. The van der Waals surface area contributed by atoms with Gasteiger partial charge in [0.05, 0.1) is 17.2 Å². The monoisotopic (exact) mass is 246 g/mol. The van der Waals surface area contributed by atoms with Crippen molar-refractivity contribution in [1.82, 2.24) is 0 Å². The Labute approximate surface area is 102 Å². The third-order valence-electron chi connectivity index (χ3n) is 2.46. The molecular weight excluding hydrogens is 239 g/mol. The van der Waals surface area contributed by atoms with Gasteiger partial charge in [-0.2, -0.15) is 18.4 Å². The molecule has 0 aromatic heterocycles. The first-order valence-corrected chi connectivity index (χ1v) is 5.11. The smallest absolute Gasteiger partial charge is 0.192 e. The molecule has 2 aromatic carbocycles. The maximum absolute atomic E-state index is 12.8. The van der Waals surface area contributed by atoms with E-state index in [1.165, 1.54) is 36.4 Å². The molecule has 0 aliphatic carbocycles. The van der Waals surface area contributed by atoms with E-state index in [4.69, 9.17) is 5.26 Å². The van der Waals surface area contributed by atoms with Crippen molar-refractivity contribution in [2.24, 2.45) is 0 Å². The lowest BCUT2D eigenvalue weighted by atomic mass is 9.98. The number of nitrogens with zero attached hydrogens (tertiary/aromatic N) is 1. The van der Waals surface area contributed by atoms with Gasteiger partial charge in [-0.3, -0.25) is 0 Å². The summed E-state index contributed by atoms with van der Waals surface area (Å²) in [6.07, 6.45) is -4.42. The van der Waals surface area contributed by atoms with Gasteiger partial charge in [-0.05, 0) is 29.8 Å². The first-order chi connectivity index (χ1) is 8.52. The Morgan fingerprint density at radius 2 is 1.72 bits per heavy atom. The summed E-state index contributed by atoms with van der Waals surface area (Å²) in [7, 11) is 0. The predicted octanol–water partition coefficient (Wildman–Crippen LogP) is 4.04. The molecule has 0 amide bonds. The molecule has 4 heteroatoms. The van der Waals surface area contributed by atoms with Crippen molar-refractivity contribution in [2.75, 3.05) is 0 Å². The van der Waals surface area contributed by atoms with E-state index in [0.29, 0.717) is 11.1 Å². The van der Waals surface area contributed by atoms with Crippen LogP contribution in [0.2, 0.25) is 0 Å². The second kappa shape index (κ2) is 4.53. The van der Waals surface area contributed by atoms with E-state index in [2.05, 4.69) is 6.07 Å². The Bertz CT molecular complexity index is 592. The minimum Gasteiger partial charge on any atom is -0.192 e. The standard InChI is InChI=1S/C14H7F3N/c15-14(16,17)13-4-2-1-3-12(13)11-7-5-10(9-18)6-8-11/h1-2,4-8H. The number of halogens is 3. The normalized spacial score (nSPS) is 11.0. The fourth-order valence-electron chi connectivity index (χ4n) is 1.62. The van der Waals surface area contributed by atoms with Gasteiger partial charge in [0.25, 0.3) is 0 Å². The molecule has 18 heavy (non-hydrogen) atoms. The van der Waals surface area contributed by atoms with Gasteiger partial charge in [0, 0.05) is 5.56 Å². The molecule has 0 fully saturated rings. The minimum atomic E-state index is -4.42. The molecule has 2 rings (SSSR count). The summed E-state index contributed by atoms with van der Waals surface area (Å²) in [5.74, 6) is 0. The molecule has 89 valence electrons. The lowest BCUT2D eigenvalue weighted by Crippen LogP contribution is -2.06. The highest BCUT2D eigenvalue weighted by molar-refractivity contribution is 5.68. The SMILES string of the molecule is N#Cc1ccc(-c2[c]cccc2C(F)(F)F)cc1. The van der Waals surface area contributed by atoms with E-state index in [0.717, 1.165) is 6.07 Å². The molecule has 0 saturated heterocycles. The molecular formula is C14H7F3N. The van der Waals surface area contributed by atoms with Gasteiger partial charge in [-0.25, -0.2) is 0 Å². The van der Waals surface area contributed by atoms with Crippen LogP contribution in [0.15, 0.2) is 42.5 Å². The molecule has 0 unspecified atom stereocenters. The summed E-state index contributed by atoms with van der Waals surface area (Å²) < 4.78 is 38.4. The number of hydrogen-bond donors (Lipinski definition) is 0. The topological polar surface area (TPSA) is 23.8 Å². The average molecular weight is 246 g/mol. The van der Waals surface area contributed by atoms with E-state index in [9.17, 15) is 13.2 Å². The summed E-state index contributed by atoms with van der Waals surface area (Å²) in [5.41, 5.74) is 0.0642. The Kier molecular flexibility index (Phi) is 3.07. The van der Waals surface area contributed by atoms with Gasteiger partial charge in [-0.15, -0.1) is 0 Å². The maximum Gasteiger partial charge on any atom is 0.417 e. The molecule has 2 aromatic rings. The predicted molar refractivity (Wildman–Crippen MR) is 60.4 cm³/mol. The summed E-state index contributed by atoms with van der Waals surface area (Å²) >= 11 is 0. The van der Waals surface area contributed by atoms with Crippen molar-refractivity contribution < 1.29 is 13.2 Å². The Balaban J connectivity index is 2.54. The minimum absolute atomic E-state index is 0.00510. The van der Waals surface area contributed by atoms with Gasteiger partial charge in [0.1, 0.15) is 0 Å². The van der Waals surface area contributed by atoms with Gasteiger partial charge in [0.15, 0.2) is 0 Å². The van der Waals surface area contributed by atoms with Crippen molar-refractivity contribution >= 4 is 0 Å². The molecule has 0 aliphatic heterocycles. The van der Waals surface area contributed by atoms with Gasteiger partial charge >= 0.3 is 6.18 Å². The number of benzene rings is 2. The number of rotatable bonds is 1. The van der Waals surface area contributed by atoms with Crippen LogP contribution in [0.5, 0.6) is 0 Å². The second-order valence-electron chi connectivity index (χ2n) is 3.65. The highest BCUT2D eigenvalue weighted by Crippen LogP contribution is 2.36. The third-order valence-corrected chi connectivity index (χ3v) is 2.46. The number of alkyl halides is 3. The van der Waals surface area contributed by atoms with E-state index >= 15 is 0 Å². The Hall–Kier alpha value is -2.28. The molecule has 0 N–H and O–H groups in total. The van der Waals surface area contributed by atoms with Crippen molar-refractivity contribution in [3.8, 4) is 17.2 Å². The lowest BCUT2D eigenvalue weighted by molar-refractivity contribution is -0.137. The van der Waals surface area contributed by atoms with E-state index in [1.54, 1.807) is 0 Å². The quantitative estimate of drug-likeness (QED) is 0.744. The average Bonchev–Trinajstić information content (AvgIpc) is 2.38. The van der Waals surface area contributed by atoms with Crippen LogP contribution in [-0.4, -0.2) is 0 Å². The highest BCUT2D eigenvalue weighted by Gasteiger charge is 2.33. The van der Waals surface area contributed by atoms with Crippen molar-refractivity contribution in [3.05, 3.63) is 59.7 Å². The maximum atomic E-state index is 12.8. The second-order valence-corrected chi connectivity index (χ2v) is 3.65. The van der Waals surface area contributed by atoms with Crippen LogP contribution in [0.1, 0.15) is 11.1 Å².